The number of rotatable bonds is 6. The number of ether oxygens (including phenoxy) is 1. The van der Waals surface area contributed by atoms with Crippen LogP contribution >= 0.6 is 12.2 Å². The Kier molecular flexibility index (Phi) is 14.4. The summed E-state index contributed by atoms with van der Waals surface area (Å²) in [6, 6.07) is 8.66. The molecule has 5 amide bonds. The van der Waals surface area contributed by atoms with E-state index in [1.165, 1.54) is 28.7 Å². The van der Waals surface area contributed by atoms with Gasteiger partial charge in [-0.1, -0.05) is 49.4 Å². The molecule has 3 aliphatic rings. The summed E-state index contributed by atoms with van der Waals surface area (Å²) >= 11 is 5.31. The van der Waals surface area contributed by atoms with E-state index in [0.29, 0.717) is 18.4 Å². The summed E-state index contributed by atoms with van der Waals surface area (Å²) in [5.74, 6) is -4.16. The third-order valence-corrected chi connectivity index (χ3v) is 11.4. The van der Waals surface area contributed by atoms with Gasteiger partial charge >= 0.3 is 5.97 Å². The van der Waals surface area contributed by atoms with E-state index >= 15 is 0 Å². The van der Waals surface area contributed by atoms with Gasteiger partial charge in [0.1, 0.15) is 42.1 Å². The molecule has 16 nitrogen and oxygen atoms in total. The number of anilines is 1. The standard InChI is InChI=1S/C41H54N8O8S/c1-7-29-37(53)48-20-11-14-30(48)38(54)47(6)32(22-25-15-17-27(18-16-25)46(4)5)39(55)49-21-19-28(50)23-31(49)35(51)44-34(26-12-9-8-10-13-26)40(56)57-24(2)33(36(52)43-29)45-41(58)42-3/h8-10,12-13,15-18,24,29-34H,7,11,14,19-23H2,1-6H3,(H,43,52)(H,44,51)(H2,42,45,58)/t24-,29-,30+,31+,32+,33+,34+/m1/s1. The molecule has 58 heavy (non-hydrogen) atoms. The minimum atomic E-state index is -1.42. The molecule has 7 atom stereocenters. The van der Waals surface area contributed by atoms with E-state index in [2.05, 4.69) is 21.3 Å². The molecule has 3 heterocycles. The summed E-state index contributed by atoms with van der Waals surface area (Å²) in [6.45, 7) is 3.35. The van der Waals surface area contributed by atoms with Crippen LogP contribution in [0.2, 0.25) is 0 Å². The molecule has 17 heteroatoms. The number of hydrogen-bond donors (Lipinski definition) is 4. The SMILES string of the molecule is CC[C@H]1NC(=O)[C@@H](NC(=S)NC)[C@@H](C)OC(=O)[C@H](c2ccccc2)NC(=O)[C@@H]2CC(=O)CCN2C(=O)[C@H](Cc2ccc(N(C)C)cc2)N(C)C(=O)[C@@H]2CCCN2C1=O. The average molecular weight is 819 g/mol. The van der Waals surface area contributed by atoms with Gasteiger partial charge in [-0.25, -0.2) is 4.79 Å². The molecule has 0 spiro atoms. The van der Waals surface area contributed by atoms with Gasteiger partial charge in [0.25, 0.3) is 0 Å². The van der Waals surface area contributed by atoms with E-state index in [9.17, 15) is 33.6 Å². The quantitative estimate of drug-likeness (QED) is 0.238. The van der Waals surface area contributed by atoms with Crippen LogP contribution in [0.4, 0.5) is 5.69 Å². The van der Waals surface area contributed by atoms with E-state index in [0.717, 1.165) is 11.3 Å². The summed E-state index contributed by atoms with van der Waals surface area (Å²) in [6.07, 6.45) is -0.436. The van der Waals surface area contributed by atoms with Crippen LogP contribution in [0.15, 0.2) is 54.6 Å². The molecular weight excluding hydrogens is 765 g/mol. The second kappa shape index (κ2) is 19.2. The van der Waals surface area contributed by atoms with Crippen LogP contribution in [0.5, 0.6) is 0 Å². The van der Waals surface area contributed by atoms with Gasteiger partial charge in [-0.3, -0.25) is 28.8 Å². The molecular formula is C41H54N8O8S. The first-order valence-electron chi connectivity index (χ1n) is 19.6. The molecule has 0 bridgehead atoms. The Hall–Kier alpha value is -5.58. The van der Waals surface area contributed by atoms with Crippen LogP contribution in [0.1, 0.15) is 63.1 Å². The number of amides is 5. The van der Waals surface area contributed by atoms with Crippen molar-refractivity contribution in [3.05, 3.63) is 65.7 Å². The smallest absolute Gasteiger partial charge is 0.333 e. The molecule has 0 saturated carbocycles. The molecule has 0 unspecified atom stereocenters. The van der Waals surface area contributed by atoms with E-state index < -0.39 is 77.9 Å². The minimum Gasteiger partial charge on any atom is -0.458 e. The van der Waals surface area contributed by atoms with Crippen LogP contribution in [0, 0.1) is 0 Å². The van der Waals surface area contributed by atoms with Crippen molar-refractivity contribution in [2.45, 2.75) is 94.7 Å². The molecule has 3 saturated heterocycles. The van der Waals surface area contributed by atoms with E-state index in [1.54, 1.807) is 44.3 Å². The molecule has 0 aromatic heterocycles. The Bertz CT molecular complexity index is 1880. The molecule has 3 fully saturated rings. The van der Waals surface area contributed by atoms with Crippen molar-refractivity contribution in [1.29, 1.82) is 0 Å². The Balaban J connectivity index is 1.61. The number of Topliss-reactive ketones (excluding diaryl/α,β-unsaturated/α-hetero) is 1. The van der Waals surface area contributed by atoms with Gasteiger partial charge in [-0.2, -0.15) is 0 Å². The lowest BCUT2D eigenvalue weighted by molar-refractivity contribution is -0.156. The molecule has 312 valence electrons. The van der Waals surface area contributed by atoms with E-state index in [-0.39, 0.29) is 49.7 Å². The first kappa shape index (κ1) is 43.5. The zero-order chi connectivity index (χ0) is 42.3. The lowest BCUT2D eigenvalue weighted by atomic mass is 9.95. The molecule has 0 aliphatic carbocycles. The topological polar surface area (TPSA) is 190 Å². The van der Waals surface area contributed by atoms with Crippen LogP contribution in [0.25, 0.3) is 0 Å². The molecule has 2 aromatic carbocycles. The van der Waals surface area contributed by atoms with Crippen LogP contribution < -0.4 is 26.2 Å². The number of thiocarbonyl (C=S) groups is 1. The number of carbonyl (C=O) groups excluding carboxylic acids is 7. The second-order valence-corrected chi connectivity index (χ2v) is 15.5. The largest absolute Gasteiger partial charge is 0.458 e. The molecule has 4 N–H and O–H groups in total. The maximum atomic E-state index is 14.9. The number of carbonyl (C=O) groups is 7. The highest BCUT2D eigenvalue weighted by Gasteiger charge is 2.45. The van der Waals surface area contributed by atoms with Crippen LogP contribution in [0.3, 0.4) is 0 Å². The summed E-state index contributed by atoms with van der Waals surface area (Å²) in [5.41, 5.74) is 2.02. The highest BCUT2D eigenvalue weighted by Crippen LogP contribution is 2.26. The fraction of sp³-hybridized carbons (Fsp3) is 0.512. The molecule has 0 radical (unpaired) electrons. The summed E-state index contributed by atoms with van der Waals surface area (Å²) in [7, 11) is 6.86. The number of likely N-dealkylation sites (N-methyl/N-ethyl adjacent to an activating group) is 1. The van der Waals surface area contributed by atoms with Gasteiger partial charge in [0.15, 0.2) is 11.2 Å². The predicted molar refractivity (Wildman–Crippen MR) is 219 cm³/mol. The van der Waals surface area contributed by atoms with Gasteiger partial charge in [0.2, 0.25) is 29.5 Å². The summed E-state index contributed by atoms with van der Waals surface area (Å²) < 4.78 is 5.88. The zero-order valence-electron chi connectivity index (χ0n) is 33.9. The summed E-state index contributed by atoms with van der Waals surface area (Å²) in [5, 5.41) is 11.2. The number of piperidine rings is 1. The molecule has 3 aliphatic heterocycles. The van der Waals surface area contributed by atoms with Crippen molar-refractivity contribution < 1.29 is 38.3 Å². The monoisotopic (exact) mass is 818 g/mol. The first-order valence-corrected chi connectivity index (χ1v) is 20.1. The van der Waals surface area contributed by atoms with Crippen LogP contribution in [-0.2, 0) is 44.7 Å². The van der Waals surface area contributed by atoms with Gasteiger partial charge in [0.05, 0.1) is 0 Å². The molecule has 2 aromatic rings. The van der Waals surface area contributed by atoms with Crippen molar-refractivity contribution in [1.82, 2.24) is 36.0 Å². The number of ketones is 1. The zero-order valence-corrected chi connectivity index (χ0v) is 34.7. The van der Waals surface area contributed by atoms with Crippen LogP contribution in [-0.4, -0.2) is 139 Å². The highest BCUT2D eigenvalue weighted by molar-refractivity contribution is 7.80. The van der Waals surface area contributed by atoms with Gasteiger partial charge in [0, 0.05) is 66.2 Å². The van der Waals surface area contributed by atoms with Gasteiger partial charge < -0.3 is 45.6 Å². The van der Waals surface area contributed by atoms with E-state index in [4.69, 9.17) is 17.0 Å². The van der Waals surface area contributed by atoms with Crippen molar-refractivity contribution in [3.63, 3.8) is 0 Å². The fourth-order valence-electron chi connectivity index (χ4n) is 7.63. The third-order valence-electron chi connectivity index (χ3n) is 11.1. The molecule has 5 rings (SSSR count). The predicted octanol–water partition coefficient (Wildman–Crippen LogP) is 0.833. The Morgan fingerprint density at radius 2 is 1.55 bits per heavy atom. The number of cyclic esters (lactones) is 1. The number of esters is 1. The van der Waals surface area contributed by atoms with Gasteiger partial charge in [-0.15, -0.1) is 0 Å². The number of hydrogen-bond acceptors (Lipinski definition) is 10. The lowest BCUT2D eigenvalue weighted by Gasteiger charge is -2.40. The Morgan fingerprint density at radius 1 is 0.879 bits per heavy atom. The van der Waals surface area contributed by atoms with Crippen molar-refractivity contribution in [2.24, 2.45) is 0 Å². The fourth-order valence-corrected chi connectivity index (χ4v) is 7.76. The van der Waals surface area contributed by atoms with Crippen molar-refractivity contribution in [3.8, 4) is 0 Å². The highest BCUT2D eigenvalue weighted by atomic mass is 32.1. The maximum absolute atomic E-state index is 14.9. The Labute approximate surface area is 344 Å². The Morgan fingerprint density at radius 3 is 2.19 bits per heavy atom. The normalized spacial score (nSPS) is 26.6. The van der Waals surface area contributed by atoms with Crippen molar-refractivity contribution in [2.75, 3.05) is 46.2 Å². The second-order valence-electron chi connectivity index (χ2n) is 15.1. The van der Waals surface area contributed by atoms with Gasteiger partial charge in [-0.05, 0) is 61.7 Å². The minimum absolute atomic E-state index is 0.00763. The maximum Gasteiger partial charge on any atom is 0.333 e. The lowest BCUT2D eigenvalue weighted by Crippen LogP contribution is -2.61. The number of nitrogens with zero attached hydrogens (tertiary/aromatic N) is 4. The number of nitrogens with one attached hydrogen (secondary N) is 4. The third kappa shape index (κ3) is 9.92. The first-order chi connectivity index (χ1) is 27.6. The average Bonchev–Trinajstić information content (AvgIpc) is 3.72. The number of benzene rings is 2. The summed E-state index contributed by atoms with van der Waals surface area (Å²) in [4.78, 5) is 105. The number of fused-ring (bicyclic) bond motifs is 2. The van der Waals surface area contributed by atoms with E-state index in [1.807, 2.05) is 43.3 Å². The van der Waals surface area contributed by atoms with Crippen molar-refractivity contribution >= 4 is 64.3 Å².